The van der Waals surface area contributed by atoms with Crippen molar-refractivity contribution in [1.29, 1.82) is 0 Å². The van der Waals surface area contributed by atoms with Gasteiger partial charge in [-0.3, -0.25) is 9.78 Å². The highest BCUT2D eigenvalue weighted by atomic mass is 16.2. The SMILES string of the molecule is CN1C(=O)CC[C@@]2(C)C1=CC[C@@H]1[C@@H]2CC[C@]2(C)C(c3cnc4ccccc4c3)=CC[C@@H]12. The Morgan fingerprint density at radius 1 is 1.03 bits per heavy atom. The summed E-state index contributed by atoms with van der Waals surface area (Å²) in [7, 11) is 1.99. The molecule has 160 valence electrons. The van der Waals surface area contributed by atoms with E-state index in [1.807, 2.05) is 11.9 Å². The lowest BCUT2D eigenvalue weighted by Gasteiger charge is -2.58. The number of piperidine rings is 1. The summed E-state index contributed by atoms with van der Waals surface area (Å²) in [6, 6.07) is 10.8. The zero-order valence-electron chi connectivity index (χ0n) is 18.9. The van der Waals surface area contributed by atoms with Gasteiger partial charge in [0.05, 0.1) is 5.52 Å². The van der Waals surface area contributed by atoms with E-state index in [2.05, 4.69) is 62.5 Å². The lowest BCUT2D eigenvalue weighted by molar-refractivity contribution is -0.135. The molecule has 0 N–H and O–H groups in total. The van der Waals surface area contributed by atoms with Gasteiger partial charge >= 0.3 is 0 Å². The van der Waals surface area contributed by atoms with Gasteiger partial charge in [-0.15, -0.1) is 0 Å². The molecule has 3 heteroatoms. The van der Waals surface area contributed by atoms with Gasteiger partial charge in [-0.05, 0) is 78.5 Å². The normalized spacial score (nSPS) is 37.1. The van der Waals surface area contributed by atoms with Gasteiger partial charge in [0.1, 0.15) is 0 Å². The fourth-order valence-corrected chi connectivity index (χ4v) is 7.81. The van der Waals surface area contributed by atoms with Crippen molar-refractivity contribution in [2.24, 2.45) is 28.6 Å². The Balaban J connectivity index is 1.35. The monoisotopic (exact) mass is 412 g/mol. The molecule has 1 aromatic carbocycles. The van der Waals surface area contributed by atoms with Crippen LogP contribution in [0.25, 0.3) is 16.5 Å². The van der Waals surface area contributed by atoms with Crippen molar-refractivity contribution < 1.29 is 4.79 Å². The predicted octanol–water partition coefficient (Wildman–Crippen LogP) is 6.22. The lowest BCUT2D eigenvalue weighted by atomic mass is 9.49. The molecule has 1 aliphatic heterocycles. The Morgan fingerprint density at radius 3 is 2.74 bits per heavy atom. The van der Waals surface area contributed by atoms with Crippen LogP contribution in [0.2, 0.25) is 0 Å². The molecule has 2 heterocycles. The quantitative estimate of drug-likeness (QED) is 0.557. The van der Waals surface area contributed by atoms with E-state index in [4.69, 9.17) is 4.98 Å². The van der Waals surface area contributed by atoms with E-state index < -0.39 is 0 Å². The molecule has 1 saturated carbocycles. The third-order valence-electron chi connectivity index (χ3n) is 9.50. The Morgan fingerprint density at radius 2 is 1.87 bits per heavy atom. The number of rotatable bonds is 1. The molecule has 0 bridgehead atoms. The second-order valence-corrected chi connectivity index (χ2v) is 10.8. The summed E-state index contributed by atoms with van der Waals surface area (Å²) >= 11 is 0. The summed E-state index contributed by atoms with van der Waals surface area (Å²) in [5, 5.41) is 1.23. The van der Waals surface area contributed by atoms with Crippen LogP contribution in [0.3, 0.4) is 0 Å². The molecule has 2 fully saturated rings. The van der Waals surface area contributed by atoms with Crippen LogP contribution in [0.5, 0.6) is 0 Å². The number of fused-ring (bicyclic) bond motifs is 6. The fourth-order valence-electron chi connectivity index (χ4n) is 7.81. The van der Waals surface area contributed by atoms with Gasteiger partial charge in [0.2, 0.25) is 5.91 Å². The van der Waals surface area contributed by atoms with Crippen molar-refractivity contribution in [1.82, 2.24) is 9.88 Å². The van der Waals surface area contributed by atoms with Gasteiger partial charge in [0.15, 0.2) is 0 Å². The molecule has 6 rings (SSSR count). The van der Waals surface area contributed by atoms with E-state index in [0.29, 0.717) is 24.2 Å². The number of hydrogen-bond acceptors (Lipinski definition) is 2. The van der Waals surface area contributed by atoms with E-state index in [1.54, 1.807) is 0 Å². The Hall–Kier alpha value is -2.42. The molecule has 2 aromatic rings. The number of carbonyl (C=O) groups excluding carboxylic acids is 1. The van der Waals surface area contributed by atoms with E-state index in [-0.39, 0.29) is 16.7 Å². The van der Waals surface area contributed by atoms with Crippen molar-refractivity contribution in [3.05, 3.63) is 59.9 Å². The first-order chi connectivity index (χ1) is 14.9. The van der Waals surface area contributed by atoms with Gasteiger partial charge in [-0.1, -0.05) is 44.2 Å². The molecular formula is C28H32N2O. The van der Waals surface area contributed by atoms with Crippen LogP contribution < -0.4 is 0 Å². The summed E-state index contributed by atoms with van der Waals surface area (Å²) in [5.74, 6) is 2.36. The molecule has 0 spiro atoms. The van der Waals surface area contributed by atoms with Crippen LogP contribution in [0.15, 0.2) is 54.4 Å². The minimum Gasteiger partial charge on any atom is -0.319 e. The van der Waals surface area contributed by atoms with Crippen molar-refractivity contribution in [3.8, 4) is 0 Å². The number of hydrogen-bond donors (Lipinski definition) is 0. The molecule has 5 atom stereocenters. The van der Waals surface area contributed by atoms with Crippen molar-refractivity contribution >= 4 is 22.4 Å². The van der Waals surface area contributed by atoms with Gasteiger partial charge < -0.3 is 4.90 Å². The maximum atomic E-state index is 12.3. The van der Waals surface area contributed by atoms with Crippen LogP contribution in [-0.4, -0.2) is 22.8 Å². The fraction of sp³-hybridized carbons (Fsp3) is 0.500. The molecule has 1 aromatic heterocycles. The molecule has 3 aliphatic carbocycles. The molecular weight excluding hydrogens is 380 g/mol. The molecule has 4 aliphatic rings. The third-order valence-corrected chi connectivity index (χ3v) is 9.50. The van der Waals surface area contributed by atoms with Crippen LogP contribution >= 0.6 is 0 Å². The molecule has 0 radical (unpaired) electrons. The van der Waals surface area contributed by atoms with Gasteiger partial charge in [-0.2, -0.15) is 0 Å². The lowest BCUT2D eigenvalue weighted by Crippen LogP contribution is -2.53. The number of para-hydroxylation sites is 1. The largest absolute Gasteiger partial charge is 0.319 e. The van der Waals surface area contributed by atoms with Gasteiger partial charge in [0, 0.05) is 36.2 Å². The summed E-state index contributed by atoms with van der Waals surface area (Å²) in [6.45, 7) is 4.96. The molecule has 0 unspecified atom stereocenters. The zero-order valence-corrected chi connectivity index (χ0v) is 18.9. The first kappa shape index (κ1) is 19.3. The predicted molar refractivity (Wildman–Crippen MR) is 125 cm³/mol. The maximum Gasteiger partial charge on any atom is 0.226 e. The maximum absolute atomic E-state index is 12.3. The van der Waals surface area contributed by atoms with E-state index in [9.17, 15) is 4.79 Å². The van der Waals surface area contributed by atoms with Crippen molar-refractivity contribution in [3.63, 3.8) is 0 Å². The number of pyridine rings is 1. The molecule has 31 heavy (non-hydrogen) atoms. The first-order valence-electron chi connectivity index (χ1n) is 11.9. The number of nitrogens with zero attached hydrogens (tertiary/aromatic N) is 2. The smallest absolute Gasteiger partial charge is 0.226 e. The average molecular weight is 413 g/mol. The number of allylic oxidation sites excluding steroid dienone is 4. The minimum atomic E-state index is 0.153. The molecule has 1 amide bonds. The second-order valence-electron chi connectivity index (χ2n) is 10.8. The van der Waals surface area contributed by atoms with E-state index >= 15 is 0 Å². The second kappa shape index (κ2) is 6.54. The summed E-state index contributed by atoms with van der Waals surface area (Å²) in [5.41, 5.74) is 5.58. The highest BCUT2D eigenvalue weighted by molar-refractivity contribution is 5.84. The van der Waals surface area contributed by atoms with Crippen LogP contribution in [0, 0.1) is 28.6 Å². The Kier molecular flexibility index (Phi) is 4.07. The number of aromatic nitrogens is 1. The summed E-state index contributed by atoms with van der Waals surface area (Å²) in [6.07, 6.45) is 13.5. The van der Waals surface area contributed by atoms with Gasteiger partial charge in [0.25, 0.3) is 0 Å². The summed E-state index contributed by atoms with van der Waals surface area (Å²) < 4.78 is 0. The highest BCUT2D eigenvalue weighted by Crippen LogP contribution is 2.66. The first-order valence-corrected chi connectivity index (χ1v) is 11.9. The number of benzene rings is 1. The van der Waals surface area contributed by atoms with Crippen LogP contribution in [0.4, 0.5) is 0 Å². The van der Waals surface area contributed by atoms with Crippen LogP contribution in [0.1, 0.15) is 57.9 Å². The number of likely N-dealkylation sites (tertiary alicyclic amines) is 1. The van der Waals surface area contributed by atoms with Gasteiger partial charge in [-0.25, -0.2) is 0 Å². The average Bonchev–Trinajstić information content (AvgIpc) is 3.13. The minimum absolute atomic E-state index is 0.153. The number of carbonyl (C=O) groups is 1. The van der Waals surface area contributed by atoms with Crippen molar-refractivity contribution in [2.75, 3.05) is 7.05 Å². The standard InChI is InChI=1S/C28H32N2O/c1-27-14-12-23-20(8-11-25-28(23,2)15-13-26(31)30(25)3)22(27)10-9-21(27)19-16-18-6-4-5-7-24(18)29-17-19/h4-7,9,11,16-17,20,22-23H,8,10,12-15H2,1-3H3/t20-,22-,23-,27+,28+/m0/s1. The molecule has 1 saturated heterocycles. The zero-order chi connectivity index (χ0) is 21.4. The van der Waals surface area contributed by atoms with Crippen LogP contribution in [-0.2, 0) is 4.79 Å². The summed E-state index contributed by atoms with van der Waals surface area (Å²) in [4.78, 5) is 19.1. The van der Waals surface area contributed by atoms with E-state index in [1.165, 1.54) is 41.5 Å². The topological polar surface area (TPSA) is 33.2 Å². The highest BCUT2D eigenvalue weighted by Gasteiger charge is 2.57. The van der Waals surface area contributed by atoms with Crippen molar-refractivity contribution in [2.45, 2.75) is 52.4 Å². The third kappa shape index (κ3) is 2.58. The Bertz CT molecular complexity index is 1150. The van der Waals surface area contributed by atoms with E-state index in [0.717, 1.165) is 18.4 Å². The molecule has 3 nitrogen and oxygen atoms in total. The number of amides is 1. The Labute approximate surface area is 185 Å².